The second kappa shape index (κ2) is 9.09. The molecule has 4 aromatic rings. The number of nitrogens with one attached hydrogen (secondary N) is 3. The molecule has 0 unspecified atom stereocenters. The van der Waals surface area contributed by atoms with Crippen LogP contribution in [0.3, 0.4) is 0 Å². The first kappa shape index (κ1) is 22.9. The number of anilines is 1. The molecule has 0 atom stereocenters. The number of H-pyrrole nitrogens is 1. The van der Waals surface area contributed by atoms with E-state index in [9.17, 15) is 14.0 Å². The summed E-state index contributed by atoms with van der Waals surface area (Å²) < 4.78 is 20.3. The van der Waals surface area contributed by atoms with Crippen LogP contribution in [0.15, 0.2) is 59.5 Å². The quantitative estimate of drug-likeness (QED) is 0.382. The Bertz CT molecular complexity index is 1460. The fraction of sp³-hybridized carbons (Fsp3) is 0.269. The lowest BCUT2D eigenvalue weighted by Crippen LogP contribution is -2.42. The van der Waals surface area contributed by atoms with Crippen molar-refractivity contribution in [3.63, 3.8) is 0 Å². The highest BCUT2D eigenvalue weighted by atomic mass is 19.1. The van der Waals surface area contributed by atoms with Crippen LogP contribution < -0.4 is 16.2 Å². The second-order valence-corrected chi connectivity index (χ2v) is 9.10. The number of rotatable bonds is 5. The lowest BCUT2D eigenvalue weighted by atomic mass is 9.95. The highest BCUT2D eigenvalue weighted by Crippen LogP contribution is 2.23. The molecule has 3 N–H and O–H groups in total. The van der Waals surface area contributed by atoms with Gasteiger partial charge in [0.15, 0.2) is 5.43 Å². The van der Waals surface area contributed by atoms with E-state index in [1.54, 1.807) is 30.5 Å². The van der Waals surface area contributed by atoms with E-state index in [2.05, 4.69) is 20.7 Å². The van der Waals surface area contributed by atoms with Crippen LogP contribution in [0.1, 0.15) is 29.8 Å². The number of pyridine rings is 2. The van der Waals surface area contributed by atoms with E-state index in [1.807, 2.05) is 31.0 Å². The van der Waals surface area contributed by atoms with Gasteiger partial charge in [-0.2, -0.15) is 0 Å². The van der Waals surface area contributed by atoms with Gasteiger partial charge in [0.25, 0.3) is 5.91 Å². The van der Waals surface area contributed by atoms with E-state index in [4.69, 9.17) is 4.74 Å². The Balaban J connectivity index is 1.38. The number of benzene rings is 2. The lowest BCUT2D eigenvalue weighted by Gasteiger charge is -2.29. The van der Waals surface area contributed by atoms with Gasteiger partial charge in [-0.05, 0) is 49.7 Å². The Labute approximate surface area is 201 Å². The summed E-state index contributed by atoms with van der Waals surface area (Å²) in [5.74, 6) is -0.650. The Morgan fingerprint density at radius 2 is 1.86 bits per heavy atom. The van der Waals surface area contributed by atoms with Gasteiger partial charge < -0.3 is 20.5 Å². The predicted molar refractivity (Wildman–Crippen MR) is 133 cm³/mol. The standard InChI is InChI=1S/C26H26FN5O3/c1-26(2,16-7-8-23(28-15-16)31-32-9-11-35-12-10-32)30-25(34)18-14-22-19(13-20(18)27)24(33)17-5-3-4-6-21(17)29-22/h3-8,13-15H,9-12H2,1-2H3,(H,28,31)(H,29,33)(H,30,34). The molecule has 0 bridgehead atoms. The normalized spacial score (nSPS) is 14.8. The molecule has 0 aliphatic carbocycles. The van der Waals surface area contributed by atoms with Crippen LogP contribution in [0, 0.1) is 5.82 Å². The fourth-order valence-electron chi connectivity index (χ4n) is 4.21. The van der Waals surface area contributed by atoms with Crippen LogP contribution in [0.25, 0.3) is 21.8 Å². The predicted octanol–water partition coefficient (Wildman–Crippen LogP) is 3.54. The summed E-state index contributed by atoms with van der Waals surface area (Å²) in [6.45, 7) is 6.52. The molecule has 2 aromatic carbocycles. The van der Waals surface area contributed by atoms with Crippen molar-refractivity contribution in [2.24, 2.45) is 0 Å². The van der Waals surface area contributed by atoms with Gasteiger partial charge in [0, 0.05) is 35.6 Å². The number of amides is 1. The van der Waals surface area contributed by atoms with Crippen molar-refractivity contribution in [3.05, 3.63) is 81.9 Å². The lowest BCUT2D eigenvalue weighted by molar-refractivity contribution is 0.0495. The average molecular weight is 476 g/mol. The zero-order valence-corrected chi connectivity index (χ0v) is 19.5. The molecule has 8 nitrogen and oxygen atoms in total. The monoisotopic (exact) mass is 475 g/mol. The van der Waals surface area contributed by atoms with Crippen molar-refractivity contribution in [1.82, 2.24) is 20.3 Å². The molecule has 1 fully saturated rings. The minimum Gasteiger partial charge on any atom is -0.379 e. The first-order valence-electron chi connectivity index (χ1n) is 11.4. The number of halogens is 1. The van der Waals surface area contributed by atoms with Crippen LogP contribution >= 0.6 is 0 Å². The summed E-state index contributed by atoms with van der Waals surface area (Å²) in [6, 6.07) is 13.2. The second-order valence-electron chi connectivity index (χ2n) is 9.10. The zero-order chi connectivity index (χ0) is 24.6. The van der Waals surface area contributed by atoms with E-state index in [0.717, 1.165) is 24.7 Å². The number of carbonyl (C=O) groups is 1. The first-order valence-corrected chi connectivity index (χ1v) is 11.4. The van der Waals surface area contributed by atoms with Crippen LogP contribution in [0.2, 0.25) is 0 Å². The average Bonchev–Trinajstić information content (AvgIpc) is 2.85. The number of nitrogens with zero attached hydrogens (tertiary/aromatic N) is 2. The summed E-state index contributed by atoms with van der Waals surface area (Å²) >= 11 is 0. The molecular formula is C26H26FN5O3. The number of morpholine rings is 1. The molecule has 0 radical (unpaired) electrons. The minimum absolute atomic E-state index is 0.143. The molecular weight excluding hydrogens is 449 g/mol. The first-order chi connectivity index (χ1) is 16.8. The summed E-state index contributed by atoms with van der Waals surface area (Å²) in [7, 11) is 0. The summed E-state index contributed by atoms with van der Waals surface area (Å²) in [5.41, 5.74) is 3.79. The molecule has 1 saturated heterocycles. The highest BCUT2D eigenvalue weighted by Gasteiger charge is 2.26. The molecule has 1 aliphatic rings. The fourth-order valence-corrected chi connectivity index (χ4v) is 4.21. The van der Waals surface area contributed by atoms with Crippen LogP contribution in [-0.2, 0) is 10.3 Å². The number of fused-ring (bicyclic) bond motifs is 2. The van der Waals surface area contributed by atoms with Crippen molar-refractivity contribution in [1.29, 1.82) is 0 Å². The van der Waals surface area contributed by atoms with Gasteiger partial charge in [-0.3, -0.25) is 9.59 Å². The van der Waals surface area contributed by atoms with Crippen molar-refractivity contribution >= 4 is 33.5 Å². The molecule has 5 rings (SSSR count). The van der Waals surface area contributed by atoms with Gasteiger partial charge >= 0.3 is 0 Å². The third-order valence-electron chi connectivity index (χ3n) is 6.23. The molecule has 1 amide bonds. The third kappa shape index (κ3) is 4.60. The SMILES string of the molecule is CC(C)(NC(=O)c1cc2[nH]c3ccccc3c(=O)c2cc1F)c1ccc(NN2CCOCC2)nc1. The smallest absolute Gasteiger partial charge is 0.255 e. The van der Waals surface area contributed by atoms with Crippen LogP contribution in [-0.4, -0.2) is 47.2 Å². The largest absolute Gasteiger partial charge is 0.379 e. The van der Waals surface area contributed by atoms with E-state index in [0.29, 0.717) is 35.5 Å². The van der Waals surface area contributed by atoms with E-state index in [-0.39, 0.29) is 16.4 Å². The molecule has 1 aliphatic heterocycles. The maximum atomic E-state index is 15.0. The van der Waals surface area contributed by atoms with Gasteiger partial charge in [0.05, 0.1) is 29.8 Å². The molecule has 2 aromatic heterocycles. The Kier molecular flexibility index (Phi) is 5.96. The number of para-hydroxylation sites is 1. The van der Waals surface area contributed by atoms with Gasteiger partial charge in [0.1, 0.15) is 11.6 Å². The number of hydrogen-bond acceptors (Lipinski definition) is 6. The number of hydrogen-bond donors (Lipinski definition) is 3. The number of aromatic amines is 1. The maximum Gasteiger partial charge on any atom is 0.255 e. The number of carbonyl (C=O) groups excluding carboxylic acids is 1. The van der Waals surface area contributed by atoms with E-state index < -0.39 is 17.3 Å². The minimum atomic E-state index is -0.820. The number of hydrazine groups is 1. The zero-order valence-electron chi connectivity index (χ0n) is 19.5. The summed E-state index contributed by atoms with van der Waals surface area (Å²) in [5, 5.41) is 5.59. The van der Waals surface area contributed by atoms with E-state index >= 15 is 0 Å². The molecule has 35 heavy (non-hydrogen) atoms. The molecule has 0 saturated carbocycles. The molecule has 9 heteroatoms. The summed E-state index contributed by atoms with van der Waals surface area (Å²) in [4.78, 5) is 33.5. The van der Waals surface area contributed by atoms with Crippen molar-refractivity contribution in [3.8, 4) is 0 Å². The van der Waals surface area contributed by atoms with Gasteiger partial charge in [-0.15, -0.1) is 0 Å². The molecule has 180 valence electrons. The Morgan fingerprint density at radius 1 is 1.09 bits per heavy atom. The third-order valence-corrected chi connectivity index (χ3v) is 6.23. The van der Waals surface area contributed by atoms with Gasteiger partial charge in [-0.25, -0.2) is 14.4 Å². The topological polar surface area (TPSA) is 99.3 Å². The Morgan fingerprint density at radius 3 is 2.60 bits per heavy atom. The summed E-state index contributed by atoms with van der Waals surface area (Å²) in [6.07, 6.45) is 1.68. The Hall–Kier alpha value is -3.82. The number of aromatic nitrogens is 2. The molecule has 0 spiro atoms. The van der Waals surface area contributed by atoms with Crippen LogP contribution in [0.5, 0.6) is 0 Å². The van der Waals surface area contributed by atoms with Crippen molar-refractivity contribution < 1.29 is 13.9 Å². The highest BCUT2D eigenvalue weighted by molar-refractivity contribution is 6.00. The van der Waals surface area contributed by atoms with Gasteiger partial charge in [-0.1, -0.05) is 18.2 Å². The van der Waals surface area contributed by atoms with E-state index in [1.165, 1.54) is 6.07 Å². The van der Waals surface area contributed by atoms with Crippen molar-refractivity contribution in [2.45, 2.75) is 19.4 Å². The van der Waals surface area contributed by atoms with Crippen molar-refractivity contribution in [2.75, 3.05) is 31.7 Å². The maximum absolute atomic E-state index is 15.0. The van der Waals surface area contributed by atoms with Crippen LogP contribution in [0.4, 0.5) is 10.2 Å². The molecule has 3 heterocycles. The number of ether oxygens (including phenoxy) is 1. The van der Waals surface area contributed by atoms with Gasteiger partial charge in [0.2, 0.25) is 0 Å².